The number of hydrogen-bond donors (Lipinski definition) is 7. The van der Waals surface area contributed by atoms with Crippen molar-refractivity contribution in [2.24, 2.45) is 0 Å². The van der Waals surface area contributed by atoms with Crippen molar-refractivity contribution >= 4 is 65.4 Å². The van der Waals surface area contributed by atoms with E-state index in [1.165, 1.54) is 64.3 Å². The van der Waals surface area contributed by atoms with Crippen LogP contribution in [0.15, 0.2) is 177 Å². The van der Waals surface area contributed by atoms with Crippen LogP contribution in [0.2, 0.25) is 6.32 Å². The van der Waals surface area contributed by atoms with E-state index in [0.29, 0.717) is 47.4 Å². The van der Waals surface area contributed by atoms with Gasteiger partial charge in [-0.1, -0.05) is 79.7 Å². The van der Waals surface area contributed by atoms with Crippen molar-refractivity contribution < 1.29 is 99.4 Å². The van der Waals surface area contributed by atoms with Gasteiger partial charge in [0.25, 0.3) is 0 Å². The first-order valence-electron chi connectivity index (χ1n) is 31.3. The first kappa shape index (κ1) is 77.1. The van der Waals surface area contributed by atoms with Gasteiger partial charge in [-0.3, -0.25) is 0 Å². The van der Waals surface area contributed by atoms with Crippen LogP contribution in [0.3, 0.4) is 0 Å². The van der Waals surface area contributed by atoms with Crippen molar-refractivity contribution in [2.75, 3.05) is 43.6 Å². The molecule has 4 aromatic carbocycles. The first-order valence-corrected chi connectivity index (χ1v) is 31.3. The van der Waals surface area contributed by atoms with Crippen LogP contribution in [0.1, 0.15) is 105 Å². The van der Waals surface area contributed by atoms with Crippen LogP contribution in [0.5, 0.6) is 0 Å². The third-order valence-corrected chi connectivity index (χ3v) is 16.3. The van der Waals surface area contributed by atoms with Crippen LogP contribution in [0.4, 0.5) is 44.1 Å². The molecule has 27 nitrogen and oxygen atoms in total. The Hall–Kier alpha value is -10.6. The van der Waals surface area contributed by atoms with Gasteiger partial charge in [-0.05, 0) is 119 Å². The number of halogens is 6. The molecule has 13 rings (SSSR count). The molecule has 3 aliphatic heterocycles. The smallest absolute Gasteiger partial charge is 0.354 e. The summed E-state index contributed by atoms with van der Waals surface area (Å²) in [5.74, 6) is -4.94. The van der Waals surface area contributed by atoms with Gasteiger partial charge in [0.15, 0.2) is 41.0 Å². The molecule has 10 aromatic rings. The Labute approximate surface area is 578 Å². The van der Waals surface area contributed by atoms with Gasteiger partial charge in [0.1, 0.15) is 91.1 Å². The van der Waals surface area contributed by atoms with Gasteiger partial charge in [-0.15, -0.1) is 0 Å². The summed E-state index contributed by atoms with van der Waals surface area (Å²) in [5, 5.41) is 50.5. The molecule has 1 radical (unpaired) electrons. The Morgan fingerprint density at radius 3 is 1.28 bits per heavy atom. The molecule has 102 heavy (non-hydrogen) atoms. The molecule has 539 valence electrons. The van der Waals surface area contributed by atoms with Crippen LogP contribution in [0, 0.1) is 0 Å². The van der Waals surface area contributed by atoms with Crippen molar-refractivity contribution in [1.82, 2.24) is 43.8 Å². The average Bonchev–Trinajstić information content (AvgIpc) is 1.56. The predicted molar refractivity (Wildman–Crippen MR) is 355 cm³/mol. The molecule has 0 saturated carbocycles. The highest BCUT2D eigenvalue weighted by Crippen LogP contribution is 2.51. The van der Waals surface area contributed by atoms with Crippen molar-refractivity contribution in [3.8, 4) is 0 Å². The number of nitrogens with two attached hydrogens (primary N) is 3. The number of benzene rings is 4. The number of aromatic nitrogens is 9. The number of esters is 4. The van der Waals surface area contributed by atoms with E-state index < -0.39 is 109 Å². The number of fused-ring (bicyclic) bond motifs is 3. The summed E-state index contributed by atoms with van der Waals surface area (Å²) in [6.07, 6.45) is -5.97. The topological polar surface area (TPSA) is 382 Å². The minimum Gasteiger partial charge on any atom is -0.459 e. The highest BCUT2D eigenvalue weighted by molar-refractivity contribution is 6.25. The van der Waals surface area contributed by atoms with Gasteiger partial charge in [0.05, 0.1) is 40.2 Å². The normalized spacial score (nSPS) is 24.5. The van der Waals surface area contributed by atoms with E-state index in [1.807, 2.05) is 0 Å². The fourth-order valence-corrected chi connectivity index (χ4v) is 11.2. The second kappa shape index (κ2) is 34.2. The molecule has 34 heteroatoms. The highest BCUT2D eigenvalue weighted by atomic mass is 20.0. The third kappa shape index (κ3) is 16.6. The minimum atomic E-state index is -2.71. The Bertz CT molecular complexity index is 4400. The summed E-state index contributed by atoms with van der Waals surface area (Å²) in [6.45, 7) is 5.93. The molecule has 6 aromatic heterocycles. The Balaban J connectivity index is 0.000000190. The van der Waals surface area contributed by atoms with Crippen molar-refractivity contribution in [2.45, 2.75) is 113 Å². The minimum absolute atomic E-state index is 0.101. The number of carbonyl (C=O) groups excluding carboxylic acids is 4. The summed E-state index contributed by atoms with van der Waals surface area (Å²) in [4.78, 5) is 62.5. The largest absolute Gasteiger partial charge is 0.459 e. The summed E-state index contributed by atoms with van der Waals surface area (Å²) >= 11 is 0. The molecule has 0 spiro atoms. The maximum absolute atomic E-state index is 16.6. The fraction of sp³-hybridized carbons (Fsp3) is 0.324. The summed E-state index contributed by atoms with van der Waals surface area (Å²) < 4.78 is 118. The van der Waals surface area contributed by atoms with Crippen molar-refractivity contribution in [3.05, 3.63) is 216 Å². The van der Waals surface area contributed by atoms with Gasteiger partial charge in [-0.2, -0.15) is 15.3 Å². The van der Waals surface area contributed by atoms with Gasteiger partial charge >= 0.3 is 31.4 Å². The molecule has 3 fully saturated rings. The lowest BCUT2D eigenvalue weighted by Crippen LogP contribution is -2.51. The number of aliphatic hydroxyl groups excluding tert-OH is 3. The molecular formula is C68H72BF6N12O15. The lowest BCUT2D eigenvalue weighted by molar-refractivity contribution is -0.256. The molecule has 0 aliphatic carbocycles. The summed E-state index contributed by atoms with van der Waals surface area (Å²) in [5.41, 5.74) is 13.6. The van der Waals surface area contributed by atoms with E-state index >= 15 is 8.78 Å². The lowest BCUT2D eigenvalue weighted by Gasteiger charge is -2.32. The number of hydrogen-bond acceptors (Lipinski definition) is 24. The zero-order valence-corrected chi connectivity index (χ0v) is 55.3. The van der Waals surface area contributed by atoms with E-state index in [9.17, 15) is 38.1 Å². The van der Waals surface area contributed by atoms with Crippen LogP contribution < -0.4 is 17.2 Å². The first-order chi connectivity index (χ1) is 48.9. The molecule has 12 atom stereocenters. The Kier molecular flexibility index (Phi) is 25.8. The maximum Gasteiger partial charge on any atom is 0.354 e. The quantitative estimate of drug-likeness (QED) is 0.0222. The van der Waals surface area contributed by atoms with E-state index in [2.05, 4.69) is 30.2 Å². The number of anilines is 3. The highest BCUT2D eigenvalue weighted by Gasteiger charge is 2.68. The number of carbonyl (C=O) groups is 4. The molecule has 10 N–H and O–H groups in total. The predicted octanol–water partition coefficient (Wildman–Crippen LogP) is 7.91. The molecular weight excluding hydrogens is 1350 g/mol. The third-order valence-electron chi connectivity index (χ3n) is 16.3. The molecule has 0 bridgehead atoms. The zero-order valence-electron chi connectivity index (χ0n) is 55.3. The van der Waals surface area contributed by atoms with Gasteiger partial charge in [0, 0.05) is 15.8 Å². The number of nitrogen functional groups attached to an aromatic ring is 3. The van der Waals surface area contributed by atoms with Gasteiger partial charge in [0.2, 0.25) is 11.5 Å². The maximum atomic E-state index is 16.6. The molecule has 1 unspecified atom stereocenters. The summed E-state index contributed by atoms with van der Waals surface area (Å²) in [6, 6.07) is 42.2. The Morgan fingerprint density at radius 1 is 0.529 bits per heavy atom. The number of rotatable bonds is 15. The zero-order chi connectivity index (χ0) is 74.1. The SMILES string of the molecule is CCO.CC[B]F.C[C@@]1(F)[C@H](O)[C@@H](CO)O[C@H]1c1ccc2c(N)ncnn12.C[C@@]1(F)[C@H](OC(=O)c2ccccc2)[C@@H](COC(=O)c2ccccc2)OC1(O)c1ccc2c(N)ncnn12.C[C@@]1(F)[C@H](OC(=O)c2ccccc2)[C@@H](COC(=O)c2ccccc2)O[C@H]1c1ccc2c(N)ncnn12.FF. The van der Waals surface area contributed by atoms with Gasteiger partial charge < -0.3 is 75.1 Å². The van der Waals surface area contributed by atoms with E-state index in [4.69, 9.17) is 69.7 Å². The lowest BCUT2D eigenvalue weighted by atomic mass is 9.89. The molecule has 3 aliphatic rings. The second-order valence-corrected chi connectivity index (χ2v) is 23.2. The number of alkyl halides is 3. The number of ether oxygens (including phenoxy) is 7. The molecule has 0 amide bonds. The van der Waals surface area contributed by atoms with Crippen molar-refractivity contribution in [3.63, 3.8) is 0 Å². The van der Waals surface area contributed by atoms with Crippen molar-refractivity contribution in [1.29, 1.82) is 0 Å². The molecule has 9 heterocycles. The second-order valence-electron chi connectivity index (χ2n) is 23.2. The fourth-order valence-electron chi connectivity index (χ4n) is 11.2. The monoisotopic (exact) mass is 1420 g/mol. The van der Waals surface area contributed by atoms with E-state index in [-0.39, 0.29) is 53.1 Å². The van der Waals surface area contributed by atoms with Gasteiger partial charge in [-0.25, -0.2) is 60.8 Å². The molecule has 3 saturated heterocycles. The van der Waals surface area contributed by atoms with Crippen LogP contribution >= 0.6 is 0 Å². The Morgan fingerprint density at radius 2 is 0.882 bits per heavy atom. The summed E-state index contributed by atoms with van der Waals surface area (Å²) in [7, 11) is 0.625. The van der Waals surface area contributed by atoms with E-state index in [1.54, 1.807) is 147 Å². The van der Waals surface area contributed by atoms with Crippen LogP contribution in [-0.2, 0) is 38.9 Å². The average molecular weight is 1420 g/mol. The standard InChI is InChI=1S/C26H23FN4O6.C26H23FN4O5.C12H15FN4O3.C2H5BF.C2H6O.F2/c1-25(27)21(36-24(33)17-10-6-3-7-11-17)19(14-35-23(32)16-8-4-2-5-9-16)37-26(25,34)20-13-12-18-22(28)29-15-30-31(18)20;1-26(27)21(18-12-13-19-23(28)29-15-30-31(18)19)35-20(14-34-24(32)16-8-4-2-5-9-16)22(26)36-25(33)17-10-6-3-7-11-17;1-12(13)9(19)8(4-18)20-10(12)6-2-3-7-11(14)15-5-16-17(6)7;1-2-3-4;1-2-3;1-2/h2-13,15,19,21,34H,14H2,1H3,(H2,28,29,30);2-13,15,20-22H,14H2,1H3,(H2,28,29,30);2-3,5,8-10,18-19H,4H2,1H3,(H2,14,15,16);2H2,1H3;3H,2H2,1H3;/t19-,21-,25-,26?;20-,21+,22-,26+;8-,9-,10+,12-;;;/m111.../s1. The van der Waals surface area contributed by atoms with Crippen LogP contribution in [0.25, 0.3) is 16.6 Å². The van der Waals surface area contributed by atoms with E-state index in [0.717, 1.165) is 13.3 Å². The number of aliphatic hydroxyl groups is 4. The van der Waals surface area contributed by atoms with Crippen LogP contribution in [-0.4, -0.2) is 176 Å². The number of nitrogens with zero attached hydrogens (tertiary/aromatic N) is 9.